The lowest BCUT2D eigenvalue weighted by atomic mass is 9.94. The second-order valence-corrected chi connectivity index (χ2v) is 16.2. The fourth-order valence-electron chi connectivity index (χ4n) is 8.52. The maximum absolute atomic E-state index is 13.9. The number of pyridine rings is 1. The number of carbonyl (C=O) groups excluding carboxylic acids is 2. The molecule has 0 spiro atoms. The van der Waals surface area contributed by atoms with Gasteiger partial charge in [-0.05, 0) is 93.0 Å². The Morgan fingerprint density at radius 3 is 2.09 bits per heavy atom. The number of aromatic nitrogens is 1. The van der Waals surface area contributed by atoms with Crippen molar-refractivity contribution in [1.82, 2.24) is 20.1 Å². The molecule has 0 radical (unpaired) electrons. The van der Waals surface area contributed by atoms with E-state index >= 15 is 0 Å². The fourth-order valence-corrected chi connectivity index (χ4v) is 8.52. The summed E-state index contributed by atoms with van der Waals surface area (Å²) < 4.78 is 5.70. The van der Waals surface area contributed by atoms with Crippen molar-refractivity contribution in [2.24, 2.45) is 0 Å². The molecule has 2 aromatic carbocycles. The van der Waals surface area contributed by atoms with Crippen LogP contribution in [0.1, 0.15) is 136 Å². The van der Waals surface area contributed by atoms with Gasteiger partial charge in [-0.15, -0.1) is 0 Å². The molecule has 0 bridgehead atoms. The Labute approximate surface area is 336 Å². The second-order valence-electron chi connectivity index (χ2n) is 16.2. The van der Waals surface area contributed by atoms with Crippen LogP contribution in [0.4, 0.5) is 5.69 Å². The van der Waals surface area contributed by atoms with Crippen LogP contribution in [0.3, 0.4) is 0 Å². The van der Waals surface area contributed by atoms with Gasteiger partial charge in [-0.2, -0.15) is 0 Å². The van der Waals surface area contributed by atoms with E-state index in [-0.39, 0.29) is 18.0 Å². The molecule has 9 heteroatoms. The van der Waals surface area contributed by atoms with Gasteiger partial charge in [0.2, 0.25) is 5.91 Å². The summed E-state index contributed by atoms with van der Waals surface area (Å²) in [5.41, 5.74) is 7.98. The summed E-state index contributed by atoms with van der Waals surface area (Å²) in [6.45, 7) is 16.9. The van der Waals surface area contributed by atoms with Gasteiger partial charge in [-0.25, -0.2) is 0 Å². The number of rotatable bonds is 20. The molecule has 0 atom stereocenters. The molecule has 0 saturated carbocycles. The van der Waals surface area contributed by atoms with Gasteiger partial charge in [0, 0.05) is 94.0 Å². The molecule has 1 aromatic heterocycles. The fraction of sp³-hybridized carbons (Fsp3) is 0.596. The lowest BCUT2D eigenvalue weighted by Gasteiger charge is -2.37. The molecule has 3 aromatic rings. The van der Waals surface area contributed by atoms with E-state index in [0.29, 0.717) is 29.5 Å². The summed E-state index contributed by atoms with van der Waals surface area (Å²) in [5, 5.41) is 3.06. The first-order valence-electron chi connectivity index (χ1n) is 21.7. The number of ether oxygens (including phenoxy) is 1. The molecule has 2 amide bonds. The molecule has 2 aliphatic heterocycles. The number of hydrogen-bond acceptors (Lipinski definition) is 6. The van der Waals surface area contributed by atoms with E-state index in [1.54, 1.807) is 0 Å². The van der Waals surface area contributed by atoms with Crippen LogP contribution in [0.2, 0.25) is 0 Å². The lowest BCUT2D eigenvalue weighted by molar-refractivity contribution is -0.133. The normalized spacial score (nSPS) is 15.3. The molecule has 3 heterocycles. The third-order valence-corrected chi connectivity index (χ3v) is 12.0. The van der Waals surface area contributed by atoms with E-state index in [9.17, 15) is 14.4 Å². The van der Waals surface area contributed by atoms with Crippen molar-refractivity contribution in [3.05, 3.63) is 86.3 Å². The third kappa shape index (κ3) is 12.3. The number of amides is 2. The molecule has 5 rings (SSSR count). The van der Waals surface area contributed by atoms with E-state index in [1.165, 1.54) is 56.9 Å². The summed E-state index contributed by atoms with van der Waals surface area (Å²) in [4.78, 5) is 49.4. The number of hydrogen-bond donors (Lipinski definition) is 2. The van der Waals surface area contributed by atoms with Gasteiger partial charge in [0.15, 0.2) is 0 Å². The van der Waals surface area contributed by atoms with E-state index in [2.05, 4.69) is 69.2 Å². The Balaban J connectivity index is 1.19. The zero-order valence-electron chi connectivity index (χ0n) is 35.1. The minimum absolute atomic E-state index is 0.160. The highest BCUT2D eigenvalue weighted by Gasteiger charge is 2.26. The van der Waals surface area contributed by atoms with Crippen LogP contribution in [0.25, 0.3) is 11.1 Å². The Morgan fingerprint density at radius 2 is 1.46 bits per heavy atom. The van der Waals surface area contributed by atoms with Crippen molar-refractivity contribution in [3.63, 3.8) is 0 Å². The van der Waals surface area contributed by atoms with Crippen molar-refractivity contribution in [2.75, 3.05) is 50.8 Å². The van der Waals surface area contributed by atoms with Crippen LogP contribution in [-0.2, 0) is 22.6 Å². The standard InChI is InChI=1S/C47H69N5O4/c1-6-8-9-10-11-12-13-14-15-16-17-45(53)51-26-24-50(25-27-51)34-38-18-20-39(21-19-38)40-31-42(46(54)48-33-43-35(3)30-36(4)49-47(43)55)37(5)44(32-40)52(7-2)41-22-28-56-29-23-41/h18-21,30-32,41H,6-17,22-29,33-34H2,1-5H3,(H,48,54)(H,49,55). The van der Waals surface area contributed by atoms with Crippen LogP contribution in [0.5, 0.6) is 0 Å². The Kier molecular flexibility index (Phi) is 17.0. The zero-order chi connectivity index (χ0) is 39.9. The van der Waals surface area contributed by atoms with Gasteiger partial charge in [-0.3, -0.25) is 19.3 Å². The van der Waals surface area contributed by atoms with Crippen molar-refractivity contribution < 1.29 is 14.3 Å². The third-order valence-electron chi connectivity index (χ3n) is 12.0. The number of carbonyl (C=O) groups is 2. The van der Waals surface area contributed by atoms with Crippen LogP contribution in [0, 0.1) is 20.8 Å². The van der Waals surface area contributed by atoms with E-state index in [4.69, 9.17) is 4.74 Å². The first kappa shape index (κ1) is 43.2. The predicted molar refractivity (Wildman–Crippen MR) is 230 cm³/mol. The monoisotopic (exact) mass is 768 g/mol. The van der Waals surface area contributed by atoms with Crippen molar-refractivity contribution >= 4 is 17.5 Å². The van der Waals surface area contributed by atoms with Gasteiger partial charge >= 0.3 is 0 Å². The predicted octanol–water partition coefficient (Wildman–Crippen LogP) is 8.86. The molecule has 0 aliphatic carbocycles. The highest BCUT2D eigenvalue weighted by molar-refractivity contribution is 5.99. The Morgan fingerprint density at radius 1 is 0.821 bits per heavy atom. The van der Waals surface area contributed by atoms with Crippen LogP contribution < -0.4 is 15.8 Å². The minimum Gasteiger partial charge on any atom is -0.381 e. The molecule has 306 valence electrons. The van der Waals surface area contributed by atoms with Crippen molar-refractivity contribution in [2.45, 2.75) is 137 Å². The maximum Gasteiger partial charge on any atom is 0.253 e. The Bertz CT molecular complexity index is 1760. The number of unbranched alkanes of at least 4 members (excludes halogenated alkanes) is 9. The average Bonchev–Trinajstić information content (AvgIpc) is 3.20. The quantitative estimate of drug-likeness (QED) is 0.112. The average molecular weight is 768 g/mol. The molecular weight excluding hydrogens is 699 g/mol. The maximum atomic E-state index is 13.9. The SMILES string of the molecule is CCCCCCCCCCCCC(=O)N1CCN(Cc2ccc(-c3cc(C(=O)NCc4c(C)cc(C)[nH]c4=O)c(C)c(N(CC)C4CCOCC4)c3)cc2)CC1. The number of aromatic amines is 1. The first-order valence-corrected chi connectivity index (χ1v) is 21.7. The molecular formula is C47H69N5O4. The van der Waals surface area contributed by atoms with Gasteiger partial charge in [0.1, 0.15) is 0 Å². The lowest BCUT2D eigenvalue weighted by Crippen LogP contribution is -2.48. The smallest absolute Gasteiger partial charge is 0.253 e. The highest BCUT2D eigenvalue weighted by atomic mass is 16.5. The highest BCUT2D eigenvalue weighted by Crippen LogP contribution is 2.34. The topological polar surface area (TPSA) is 98.0 Å². The first-order chi connectivity index (χ1) is 27.2. The molecule has 9 nitrogen and oxygen atoms in total. The van der Waals surface area contributed by atoms with E-state index in [1.807, 2.05) is 32.9 Å². The number of piperazine rings is 1. The molecule has 0 unspecified atom stereocenters. The summed E-state index contributed by atoms with van der Waals surface area (Å²) in [7, 11) is 0. The van der Waals surface area contributed by atoms with Crippen LogP contribution in [0.15, 0.2) is 47.3 Å². The molecule has 2 fully saturated rings. The molecule has 2 aliphatic rings. The molecule has 2 N–H and O–H groups in total. The summed E-state index contributed by atoms with van der Waals surface area (Å²) in [5.74, 6) is 0.127. The van der Waals surface area contributed by atoms with E-state index in [0.717, 1.165) is 112 Å². The minimum atomic E-state index is -0.189. The van der Waals surface area contributed by atoms with Crippen molar-refractivity contribution in [3.8, 4) is 11.1 Å². The van der Waals surface area contributed by atoms with Gasteiger partial charge in [0.05, 0.1) is 0 Å². The Hall–Kier alpha value is -3.95. The zero-order valence-corrected chi connectivity index (χ0v) is 35.1. The number of nitrogens with zero attached hydrogens (tertiary/aromatic N) is 3. The second kappa shape index (κ2) is 22.1. The van der Waals surface area contributed by atoms with Gasteiger partial charge in [-0.1, -0.05) is 89.0 Å². The van der Waals surface area contributed by atoms with Crippen molar-refractivity contribution in [1.29, 1.82) is 0 Å². The van der Waals surface area contributed by atoms with Crippen LogP contribution >= 0.6 is 0 Å². The number of H-pyrrole nitrogens is 1. The number of nitrogens with one attached hydrogen (secondary N) is 2. The number of anilines is 1. The summed E-state index contributed by atoms with van der Waals surface area (Å²) >= 11 is 0. The number of benzene rings is 2. The summed E-state index contributed by atoms with van der Waals surface area (Å²) in [6, 6.07) is 15.2. The molecule has 2 saturated heterocycles. The van der Waals surface area contributed by atoms with Gasteiger partial charge < -0.3 is 24.8 Å². The number of aryl methyl sites for hydroxylation is 2. The largest absolute Gasteiger partial charge is 0.381 e. The van der Waals surface area contributed by atoms with Gasteiger partial charge in [0.25, 0.3) is 11.5 Å². The summed E-state index contributed by atoms with van der Waals surface area (Å²) in [6.07, 6.45) is 15.4. The van der Waals surface area contributed by atoms with E-state index < -0.39 is 0 Å². The molecule has 56 heavy (non-hydrogen) atoms. The van der Waals surface area contributed by atoms with Crippen LogP contribution in [-0.4, -0.2) is 78.6 Å².